The van der Waals surface area contributed by atoms with E-state index in [4.69, 9.17) is 9.15 Å². The van der Waals surface area contributed by atoms with E-state index in [9.17, 15) is 19.6 Å². The van der Waals surface area contributed by atoms with Crippen LogP contribution in [0.25, 0.3) is 0 Å². The first-order chi connectivity index (χ1) is 19.3. The number of nitrogens with zero attached hydrogens (tertiary/aromatic N) is 1. The first-order valence-electron chi connectivity index (χ1n) is 12.5. The molecular weight excluding hydrogens is 528 g/mol. The van der Waals surface area contributed by atoms with Crippen LogP contribution in [0.4, 0.5) is 11.4 Å². The molecular formula is C30H28N4O5S. The number of furan rings is 1. The van der Waals surface area contributed by atoms with E-state index in [0.717, 1.165) is 5.56 Å². The van der Waals surface area contributed by atoms with Gasteiger partial charge in [-0.15, -0.1) is 0 Å². The maximum atomic E-state index is 13.5. The van der Waals surface area contributed by atoms with Gasteiger partial charge in [-0.2, -0.15) is 5.26 Å². The number of benzene rings is 2. The molecule has 2 heterocycles. The van der Waals surface area contributed by atoms with E-state index in [-0.39, 0.29) is 23.8 Å². The van der Waals surface area contributed by atoms with E-state index in [1.807, 2.05) is 31.2 Å². The minimum absolute atomic E-state index is 0.0495. The molecule has 1 aliphatic rings. The molecule has 10 heteroatoms. The number of hydrogen-bond acceptors (Lipinski definition) is 8. The zero-order valence-electron chi connectivity index (χ0n) is 22.2. The summed E-state index contributed by atoms with van der Waals surface area (Å²) in [6, 6.07) is 19.4. The van der Waals surface area contributed by atoms with E-state index in [1.54, 1.807) is 50.2 Å². The van der Waals surface area contributed by atoms with Crippen molar-refractivity contribution in [1.82, 2.24) is 5.32 Å². The molecule has 0 radical (unpaired) electrons. The predicted octanol–water partition coefficient (Wildman–Crippen LogP) is 5.47. The Labute approximate surface area is 236 Å². The minimum atomic E-state index is -0.789. The van der Waals surface area contributed by atoms with Gasteiger partial charge in [-0.25, -0.2) is 4.79 Å². The van der Waals surface area contributed by atoms with E-state index in [2.05, 4.69) is 22.0 Å². The van der Waals surface area contributed by atoms with Gasteiger partial charge in [-0.1, -0.05) is 29.5 Å². The Morgan fingerprint density at radius 3 is 2.33 bits per heavy atom. The van der Waals surface area contributed by atoms with Crippen LogP contribution < -0.4 is 16.0 Å². The van der Waals surface area contributed by atoms with Crippen LogP contribution in [0.5, 0.6) is 0 Å². The Morgan fingerprint density at radius 1 is 1.02 bits per heavy atom. The smallest absolute Gasteiger partial charge is 0.338 e. The highest BCUT2D eigenvalue weighted by atomic mass is 32.2. The third kappa shape index (κ3) is 6.62. The molecule has 0 bridgehead atoms. The molecule has 0 saturated heterocycles. The van der Waals surface area contributed by atoms with Crippen molar-refractivity contribution in [3.8, 4) is 6.07 Å². The largest absolute Gasteiger partial charge is 0.468 e. The molecule has 40 heavy (non-hydrogen) atoms. The Kier molecular flexibility index (Phi) is 9.09. The molecule has 1 atom stereocenters. The number of esters is 1. The number of carbonyl (C=O) groups excluding carboxylic acids is 3. The lowest BCUT2D eigenvalue weighted by molar-refractivity contribution is -0.114. The summed E-state index contributed by atoms with van der Waals surface area (Å²) in [4.78, 5) is 38.1. The summed E-state index contributed by atoms with van der Waals surface area (Å²) < 4.78 is 10.6. The number of anilines is 2. The van der Waals surface area contributed by atoms with E-state index in [0.29, 0.717) is 39.0 Å². The molecule has 3 N–H and O–H groups in total. The van der Waals surface area contributed by atoms with Crippen LogP contribution in [-0.2, 0) is 14.3 Å². The molecule has 0 aliphatic carbocycles. The van der Waals surface area contributed by atoms with Gasteiger partial charge < -0.3 is 25.1 Å². The van der Waals surface area contributed by atoms with Gasteiger partial charge in [0.1, 0.15) is 5.76 Å². The van der Waals surface area contributed by atoms with Crippen LogP contribution in [0.3, 0.4) is 0 Å². The van der Waals surface area contributed by atoms with E-state index >= 15 is 0 Å². The summed E-state index contributed by atoms with van der Waals surface area (Å²) in [6.45, 7) is 5.69. The summed E-state index contributed by atoms with van der Waals surface area (Å²) >= 11 is 1.17. The first kappa shape index (κ1) is 28.3. The number of amides is 2. The zero-order chi connectivity index (χ0) is 28.6. The third-order valence-electron chi connectivity index (χ3n) is 6.06. The normalized spacial score (nSPS) is 14.7. The van der Waals surface area contributed by atoms with Crippen LogP contribution in [0.2, 0.25) is 0 Å². The number of nitrogens with one attached hydrogen (secondary N) is 3. The molecule has 0 fully saturated rings. The molecule has 0 saturated carbocycles. The summed E-state index contributed by atoms with van der Waals surface area (Å²) in [5, 5.41) is 19.5. The molecule has 2 aromatic carbocycles. The minimum Gasteiger partial charge on any atom is -0.468 e. The number of ether oxygens (including phenoxy) is 1. The first-order valence-corrected chi connectivity index (χ1v) is 13.5. The van der Waals surface area contributed by atoms with Gasteiger partial charge >= 0.3 is 5.97 Å². The Morgan fingerprint density at radius 2 is 1.70 bits per heavy atom. The Bertz CT molecular complexity index is 1500. The highest BCUT2D eigenvalue weighted by Crippen LogP contribution is 2.41. The fraction of sp³-hybridized carbons (Fsp3) is 0.200. The highest BCUT2D eigenvalue weighted by molar-refractivity contribution is 8.03. The van der Waals surface area contributed by atoms with Gasteiger partial charge in [-0.05, 0) is 69.3 Å². The lowest BCUT2D eigenvalue weighted by Crippen LogP contribution is -2.31. The fourth-order valence-corrected chi connectivity index (χ4v) is 5.03. The van der Waals surface area contributed by atoms with Crippen molar-refractivity contribution < 1.29 is 23.5 Å². The number of carbonyl (C=O) groups is 3. The van der Waals surface area contributed by atoms with Crippen molar-refractivity contribution in [3.05, 3.63) is 106 Å². The number of nitriles is 1. The van der Waals surface area contributed by atoms with Gasteiger partial charge in [0.05, 0.1) is 52.3 Å². The van der Waals surface area contributed by atoms with Crippen molar-refractivity contribution in [2.24, 2.45) is 0 Å². The van der Waals surface area contributed by atoms with Crippen molar-refractivity contribution in [1.29, 1.82) is 5.26 Å². The van der Waals surface area contributed by atoms with Crippen LogP contribution in [0.15, 0.2) is 93.2 Å². The van der Waals surface area contributed by atoms with Gasteiger partial charge in [0.15, 0.2) is 0 Å². The highest BCUT2D eigenvalue weighted by Gasteiger charge is 2.36. The molecule has 0 unspecified atom stereocenters. The number of allylic oxidation sites excluding steroid dienone is 2. The SMILES string of the molecule is CCOC(=O)c1ccc(NC(=O)C2=C(C)NC(SCC(=O)Nc3ccc(C)cc3)=C(C#N)[C@@H]2c2ccco2)cc1. The second-order valence-electron chi connectivity index (χ2n) is 8.92. The summed E-state index contributed by atoms with van der Waals surface area (Å²) in [6.07, 6.45) is 1.48. The number of dihydropyridines is 1. The van der Waals surface area contributed by atoms with Crippen molar-refractivity contribution in [3.63, 3.8) is 0 Å². The van der Waals surface area contributed by atoms with Gasteiger partial charge in [0, 0.05) is 17.1 Å². The fourth-order valence-electron chi connectivity index (χ4n) is 4.14. The third-order valence-corrected chi connectivity index (χ3v) is 7.07. The Hall–Kier alpha value is -4.75. The van der Waals surface area contributed by atoms with Crippen LogP contribution in [-0.4, -0.2) is 30.1 Å². The summed E-state index contributed by atoms with van der Waals surface area (Å²) in [5.74, 6) is -1.44. The average Bonchev–Trinajstić information content (AvgIpc) is 3.48. The van der Waals surface area contributed by atoms with Crippen LogP contribution in [0, 0.1) is 18.3 Å². The van der Waals surface area contributed by atoms with E-state index < -0.39 is 17.8 Å². The second-order valence-corrected chi connectivity index (χ2v) is 9.91. The Balaban J connectivity index is 1.54. The van der Waals surface area contributed by atoms with Gasteiger partial charge in [-0.3, -0.25) is 9.59 Å². The molecule has 3 aromatic rings. The van der Waals surface area contributed by atoms with Crippen LogP contribution >= 0.6 is 11.8 Å². The van der Waals surface area contributed by atoms with Gasteiger partial charge in [0.25, 0.3) is 5.91 Å². The topological polar surface area (TPSA) is 133 Å². The monoisotopic (exact) mass is 556 g/mol. The lowest BCUT2D eigenvalue weighted by Gasteiger charge is -2.28. The molecule has 0 spiro atoms. The quantitative estimate of drug-likeness (QED) is 0.296. The van der Waals surface area contributed by atoms with E-state index in [1.165, 1.54) is 18.0 Å². The number of hydrogen-bond donors (Lipinski definition) is 3. The molecule has 9 nitrogen and oxygen atoms in total. The molecule has 204 valence electrons. The van der Waals surface area contributed by atoms with Crippen LogP contribution in [0.1, 0.15) is 41.4 Å². The lowest BCUT2D eigenvalue weighted by atomic mass is 9.85. The average molecular weight is 557 g/mol. The number of rotatable bonds is 9. The predicted molar refractivity (Wildman–Crippen MR) is 153 cm³/mol. The van der Waals surface area contributed by atoms with Crippen molar-refractivity contribution in [2.75, 3.05) is 23.0 Å². The molecule has 2 amide bonds. The number of thioether (sulfide) groups is 1. The van der Waals surface area contributed by atoms with Gasteiger partial charge in [0.2, 0.25) is 5.91 Å². The zero-order valence-corrected chi connectivity index (χ0v) is 23.1. The number of aryl methyl sites for hydroxylation is 1. The second kappa shape index (κ2) is 12.9. The summed E-state index contributed by atoms with van der Waals surface area (Å²) in [5.41, 5.74) is 3.68. The maximum absolute atomic E-state index is 13.5. The summed E-state index contributed by atoms with van der Waals surface area (Å²) in [7, 11) is 0. The standard InChI is InChI=1S/C30H28N4O5S/c1-4-38-30(37)20-9-13-22(14-10-20)34-28(36)26-19(3)32-29(23(16-31)27(26)24-6-5-15-39-24)40-17-25(35)33-21-11-7-18(2)8-12-21/h5-15,27,32H,4,17H2,1-3H3,(H,33,35)(H,34,36)/t27-/m1/s1. The van der Waals surface area contributed by atoms with Crippen molar-refractivity contribution in [2.45, 2.75) is 26.7 Å². The molecule has 4 rings (SSSR count). The van der Waals surface area contributed by atoms with Crippen molar-refractivity contribution >= 4 is 40.9 Å². The maximum Gasteiger partial charge on any atom is 0.338 e. The molecule has 1 aliphatic heterocycles. The molecule has 1 aromatic heterocycles.